The van der Waals surface area contributed by atoms with Crippen molar-refractivity contribution in [2.24, 2.45) is 0 Å². The number of thioether (sulfide) groups is 1. The fraction of sp³-hybridized carbons (Fsp3) is 0.560. The van der Waals surface area contributed by atoms with Crippen molar-refractivity contribution in [3.05, 3.63) is 35.0 Å². The van der Waals surface area contributed by atoms with Crippen LogP contribution < -0.4 is 4.90 Å². The van der Waals surface area contributed by atoms with E-state index < -0.39 is 22.9 Å². The van der Waals surface area contributed by atoms with E-state index in [0.717, 1.165) is 48.2 Å². The van der Waals surface area contributed by atoms with Crippen molar-refractivity contribution >= 4 is 40.9 Å². The molecule has 13 heteroatoms. The van der Waals surface area contributed by atoms with Gasteiger partial charge in [0.2, 0.25) is 0 Å². The van der Waals surface area contributed by atoms with Crippen molar-refractivity contribution in [1.82, 2.24) is 9.97 Å². The van der Waals surface area contributed by atoms with E-state index in [0.29, 0.717) is 5.56 Å². The molecule has 0 spiro atoms. The molecule has 0 atom stereocenters. The summed E-state index contributed by atoms with van der Waals surface area (Å²) in [7, 11) is 0. The zero-order chi connectivity index (χ0) is 28.8. The molecule has 2 aromatic heterocycles. The van der Waals surface area contributed by atoms with Gasteiger partial charge in [-0.2, -0.15) is 18.4 Å². The minimum atomic E-state index is -5.08. The lowest BCUT2D eigenvalue weighted by Gasteiger charge is -2.24. The Kier molecular flexibility index (Phi) is 14.1. The number of hydrogen-bond acceptors (Lipinski definition) is 8. The zero-order valence-electron chi connectivity index (χ0n) is 21.6. The molecule has 2 N–H and O–H groups in total. The average Bonchev–Trinajstić information content (AvgIpc) is 3.28. The number of thiazole rings is 1. The van der Waals surface area contributed by atoms with Crippen molar-refractivity contribution in [3.63, 3.8) is 0 Å². The lowest BCUT2D eigenvalue weighted by molar-refractivity contribution is -0.192. The first-order valence-electron chi connectivity index (χ1n) is 12.1. The van der Waals surface area contributed by atoms with Crippen LogP contribution in [0, 0.1) is 11.3 Å². The Balaban J connectivity index is 0.000000905. The Bertz CT molecular complexity index is 1070. The maximum atomic E-state index is 11.3. The average molecular weight is 575 g/mol. The number of unbranched alkanes of at least 4 members (excludes halogenated alkanes) is 4. The number of rotatable bonds is 14. The molecule has 0 radical (unpaired) electrons. The second-order valence-corrected chi connectivity index (χ2v) is 11.5. The molecule has 0 unspecified atom stereocenters. The van der Waals surface area contributed by atoms with Gasteiger partial charge < -0.3 is 15.1 Å². The molecule has 0 aliphatic rings. The highest BCUT2D eigenvalue weighted by atomic mass is 32.2. The van der Waals surface area contributed by atoms with Crippen LogP contribution in [0.15, 0.2) is 28.0 Å². The predicted molar refractivity (Wildman–Crippen MR) is 142 cm³/mol. The first-order valence-corrected chi connectivity index (χ1v) is 13.8. The number of pyridine rings is 1. The highest BCUT2D eigenvalue weighted by Gasteiger charge is 2.38. The third-order valence-electron chi connectivity index (χ3n) is 5.23. The van der Waals surface area contributed by atoms with Gasteiger partial charge in [-0.15, -0.1) is 11.3 Å². The number of nitriles is 1. The van der Waals surface area contributed by atoms with Gasteiger partial charge in [0.1, 0.15) is 16.6 Å². The van der Waals surface area contributed by atoms with Crippen molar-refractivity contribution in [1.29, 1.82) is 5.26 Å². The van der Waals surface area contributed by atoms with Gasteiger partial charge in [0, 0.05) is 24.7 Å². The standard InChI is InChI=1S/C23H32N4O2S2.C2HF3O2/c1-4-5-6-7-8-14-27(20-18(16-24)11-9-13-25-20)15-10-12-19-17-30-22(26-19)31-23(2,3)21(28)29;3-2(4,5)1(6)7/h9,11,13,17H,4-8,10,12,14-15H2,1-3H3,(H,28,29);(H,6,7). The highest BCUT2D eigenvalue weighted by Crippen LogP contribution is 2.34. The molecule has 38 heavy (non-hydrogen) atoms. The largest absolute Gasteiger partial charge is 0.490 e. The Labute approximate surface area is 228 Å². The number of aromatic nitrogens is 2. The summed E-state index contributed by atoms with van der Waals surface area (Å²) >= 11 is 2.78. The number of anilines is 1. The second-order valence-electron chi connectivity index (χ2n) is 8.82. The highest BCUT2D eigenvalue weighted by molar-refractivity contribution is 8.03. The number of carboxylic acid groups (broad SMARTS) is 2. The van der Waals surface area contributed by atoms with Crippen LogP contribution in [-0.2, 0) is 16.0 Å². The number of hydrogen-bond donors (Lipinski definition) is 2. The first kappa shape index (κ1) is 33.2. The van der Waals surface area contributed by atoms with E-state index in [9.17, 15) is 28.3 Å². The van der Waals surface area contributed by atoms with E-state index in [-0.39, 0.29) is 0 Å². The molecule has 0 amide bonds. The van der Waals surface area contributed by atoms with Crippen LogP contribution in [0.1, 0.15) is 70.6 Å². The maximum absolute atomic E-state index is 11.3. The summed E-state index contributed by atoms with van der Waals surface area (Å²) in [4.78, 5) is 31.5. The summed E-state index contributed by atoms with van der Waals surface area (Å²) in [6.07, 6.45) is 4.36. The van der Waals surface area contributed by atoms with Gasteiger partial charge in [-0.05, 0) is 45.2 Å². The molecule has 0 aliphatic carbocycles. The quantitative estimate of drug-likeness (QED) is 0.194. The van der Waals surface area contributed by atoms with Gasteiger partial charge >= 0.3 is 18.1 Å². The van der Waals surface area contributed by atoms with Gasteiger partial charge in [-0.25, -0.2) is 14.8 Å². The van der Waals surface area contributed by atoms with Gasteiger partial charge in [-0.1, -0.05) is 44.4 Å². The molecule has 0 saturated carbocycles. The third kappa shape index (κ3) is 12.1. The molecule has 210 valence electrons. The molecule has 0 fully saturated rings. The van der Waals surface area contributed by atoms with E-state index in [4.69, 9.17) is 9.90 Å². The lowest BCUT2D eigenvalue weighted by Crippen LogP contribution is -2.28. The van der Waals surface area contributed by atoms with E-state index in [2.05, 4.69) is 27.9 Å². The smallest absolute Gasteiger partial charge is 0.480 e. The summed E-state index contributed by atoms with van der Waals surface area (Å²) in [6.45, 7) is 7.29. The number of carbonyl (C=O) groups is 2. The molecular formula is C25H33F3N4O4S2. The van der Waals surface area contributed by atoms with Gasteiger partial charge in [0.05, 0.1) is 11.3 Å². The minimum absolute atomic E-state index is 0.610. The minimum Gasteiger partial charge on any atom is -0.480 e. The van der Waals surface area contributed by atoms with Gasteiger partial charge in [0.15, 0.2) is 4.34 Å². The number of alkyl halides is 3. The molecule has 0 bridgehead atoms. The van der Waals surface area contributed by atoms with Crippen LogP contribution >= 0.6 is 23.1 Å². The van der Waals surface area contributed by atoms with Crippen LogP contribution in [0.25, 0.3) is 0 Å². The van der Waals surface area contributed by atoms with Crippen molar-refractivity contribution in [2.45, 2.75) is 81.0 Å². The second kappa shape index (κ2) is 16.2. The Morgan fingerprint density at radius 1 is 1.11 bits per heavy atom. The molecule has 0 saturated heterocycles. The predicted octanol–water partition coefficient (Wildman–Crippen LogP) is 6.41. The topological polar surface area (TPSA) is 127 Å². The van der Waals surface area contributed by atoms with Crippen molar-refractivity contribution in [3.8, 4) is 6.07 Å². The number of aryl methyl sites for hydroxylation is 1. The van der Waals surface area contributed by atoms with Crippen molar-refractivity contribution in [2.75, 3.05) is 18.0 Å². The van der Waals surface area contributed by atoms with Gasteiger partial charge in [-0.3, -0.25) is 4.79 Å². The Morgan fingerprint density at radius 2 is 1.74 bits per heavy atom. The van der Waals surface area contributed by atoms with E-state index >= 15 is 0 Å². The van der Waals surface area contributed by atoms with Crippen LogP contribution in [0.3, 0.4) is 0 Å². The van der Waals surface area contributed by atoms with Crippen LogP contribution in [0.5, 0.6) is 0 Å². The summed E-state index contributed by atoms with van der Waals surface area (Å²) in [5.74, 6) is -2.83. The molecular weight excluding hydrogens is 541 g/mol. The Morgan fingerprint density at radius 3 is 2.32 bits per heavy atom. The fourth-order valence-corrected chi connectivity index (χ4v) is 5.36. The molecule has 2 heterocycles. The number of aliphatic carboxylic acids is 2. The molecule has 0 aliphatic heterocycles. The van der Waals surface area contributed by atoms with E-state index in [1.807, 2.05) is 11.4 Å². The molecule has 0 aromatic carbocycles. The van der Waals surface area contributed by atoms with Crippen molar-refractivity contribution < 1.29 is 33.0 Å². The summed E-state index contributed by atoms with van der Waals surface area (Å²) in [5.41, 5.74) is 1.59. The maximum Gasteiger partial charge on any atom is 0.490 e. The fourth-order valence-electron chi connectivity index (χ4n) is 3.13. The number of nitrogens with zero attached hydrogens (tertiary/aromatic N) is 4. The van der Waals surface area contributed by atoms with E-state index in [1.165, 1.54) is 48.8 Å². The SMILES string of the molecule is CCCCCCCN(CCCc1csc(SC(C)(C)C(=O)O)n1)c1ncccc1C#N.O=C(O)C(F)(F)F. The summed E-state index contributed by atoms with van der Waals surface area (Å²) in [5, 5.41) is 27.9. The zero-order valence-corrected chi connectivity index (χ0v) is 23.3. The molecule has 2 aromatic rings. The monoisotopic (exact) mass is 574 g/mol. The normalized spacial score (nSPS) is 11.3. The summed E-state index contributed by atoms with van der Waals surface area (Å²) < 4.78 is 31.6. The Hall–Kier alpha value is -2.85. The third-order valence-corrected chi connectivity index (χ3v) is 7.40. The molecule has 2 rings (SSSR count). The van der Waals surface area contributed by atoms with Crippen LogP contribution in [0.2, 0.25) is 0 Å². The molecule has 8 nitrogen and oxygen atoms in total. The van der Waals surface area contributed by atoms with Gasteiger partial charge in [0.25, 0.3) is 0 Å². The van der Waals surface area contributed by atoms with Crippen LogP contribution in [-0.4, -0.2) is 56.1 Å². The number of halogens is 3. The number of carboxylic acids is 2. The van der Waals surface area contributed by atoms with Crippen LogP contribution in [0.4, 0.5) is 19.0 Å². The summed E-state index contributed by atoms with van der Waals surface area (Å²) in [6, 6.07) is 5.88. The first-order chi connectivity index (χ1) is 17.8. The van der Waals surface area contributed by atoms with E-state index in [1.54, 1.807) is 26.1 Å². The lowest BCUT2D eigenvalue weighted by atomic mass is 10.1.